The Hall–Kier alpha value is -0.580. The molecule has 1 aromatic rings. The monoisotopic (exact) mass is 280 g/mol. The van der Waals surface area contributed by atoms with Gasteiger partial charge in [0, 0.05) is 18.8 Å². The molecule has 2 N–H and O–H groups in total. The summed E-state index contributed by atoms with van der Waals surface area (Å²) >= 11 is 1.94. The van der Waals surface area contributed by atoms with E-state index in [1.807, 2.05) is 30.1 Å². The first kappa shape index (κ1) is 14.8. The van der Waals surface area contributed by atoms with E-state index in [4.69, 9.17) is 0 Å². The molecule has 0 spiro atoms. The van der Waals surface area contributed by atoms with Crippen molar-refractivity contribution in [2.45, 2.75) is 44.2 Å². The highest BCUT2D eigenvalue weighted by atomic mass is 32.2. The lowest BCUT2D eigenvalue weighted by Gasteiger charge is -2.33. The van der Waals surface area contributed by atoms with Crippen LogP contribution >= 0.6 is 11.8 Å². The van der Waals surface area contributed by atoms with Gasteiger partial charge in [0.15, 0.2) is 0 Å². The third-order valence-electron chi connectivity index (χ3n) is 3.72. The van der Waals surface area contributed by atoms with Crippen molar-refractivity contribution in [1.82, 2.24) is 10.3 Å². The molecule has 0 radical (unpaired) electrons. The molecule has 1 saturated heterocycles. The van der Waals surface area contributed by atoms with Crippen LogP contribution in [-0.2, 0) is 0 Å². The Morgan fingerprint density at radius 3 is 2.84 bits per heavy atom. The average molecular weight is 280 g/mol. The number of hydrogen-bond acceptors (Lipinski definition) is 4. The molecule has 4 heteroatoms. The maximum atomic E-state index is 10.5. The lowest BCUT2D eigenvalue weighted by Crippen LogP contribution is -2.44. The number of nitrogens with zero attached hydrogens (tertiary/aromatic N) is 1. The second-order valence-electron chi connectivity index (χ2n) is 5.31. The summed E-state index contributed by atoms with van der Waals surface area (Å²) < 4.78 is 0. The number of rotatable bonds is 6. The Morgan fingerprint density at radius 1 is 1.42 bits per heavy atom. The molecule has 0 saturated carbocycles. The second-order valence-corrected chi connectivity index (χ2v) is 6.54. The third-order valence-corrected chi connectivity index (χ3v) is 4.71. The summed E-state index contributed by atoms with van der Waals surface area (Å²) in [6, 6.07) is 6.29. The summed E-state index contributed by atoms with van der Waals surface area (Å²) in [5.41, 5.74) is 0.560. The minimum Gasteiger partial charge on any atom is -0.389 e. The van der Waals surface area contributed by atoms with Gasteiger partial charge in [-0.2, -0.15) is 11.8 Å². The van der Waals surface area contributed by atoms with Gasteiger partial charge in [0.2, 0.25) is 0 Å². The van der Waals surface area contributed by atoms with Gasteiger partial charge in [-0.25, -0.2) is 0 Å². The summed E-state index contributed by atoms with van der Waals surface area (Å²) in [4.78, 5) is 4.44. The molecule has 1 aromatic heterocycles. The van der Waals surface area contributed by atoms with Crippen molar-refractivity contribution in [3.63, 3.8) is 0 Å². The van der Waals surface area contributed by atoms with Crippen molar-refractivity contribution in [3.8, 4) is 0 Å². The van der Waals surface area contributed by atoms with Gasteiger partial charge in [-0.15, -0.1) is 0 Å². The quantitative estimate of drug-likeness (QED) is 0.841. The second kappa shape index (κ2) is 7.27. The molecule has 3 nitrogen and oxygen atoms in total. The molecule has 2 heterocycles. The maximum absolute atomic E-state index is 10.5. The van der Waals surface area contributed by atoms with E-state index in [0.29, 0.717) is 6.54 Å². The molecule has 0 aliphatic carbocycles. The van der Waals surface area contributed by atoms with Gasteiger partial charge in [-0.05, 0) is 42.9 Å². The molecule has 19 heavy (non-hydrogen) atoms. The zero-order chi connectivity index (χ0) is 13.6. The van der Waals surface area contributed by atoms with Crippen molar-refractivity contribution < 1.29 is 5.11 Å². The number of aliphatic hydroxyl groups is 1. The molecule has 1 fully saturated rings. The van der Waals surface area contributed by atoms with E-state index in [0.717, 1.165) is 42.9 Å². The predicted octanol–water partition coefficient (Wildman–Crippen LogP) is 2.77. The van der Waals surface area contributed by atoms with Crippen molar-refractivity contribution >= 4 is 11.8 Å². The lowest BCUT2D eigenvalue weighted by molar-refractivity contribution is 0.0291. The molecule has 2 rings (SSSR count). The van der Waals surface area contributed by atoms with E-state index in [9.17, 15) is 5.11 Å². The predicted molar refractivity (Wildman–Crippen MR) is 81.4 cm³/mol. The normalized spacial score (nSPS) is 20.1. The summed E-state index contributed by atoms with van der Waals surface area (Å²) in [5.74, 6) is 2.14. The minimum atomic E-state index is -0.522. The molecular formula is C15H24N2OS. The van der Waals surface area contributed by atoms with Gasteiger partial charge in [0.1, 0.15) is 0 Å². The number of nitrogens with one attached hydrogen (secondary N) is 1. The van der Waals surface area contributed by atoms with Gasteiger partial charge in [0.25, 0.3) is 0 Å². The van der Waals surface area contributed by atoms with Crippen molar-refractivity contribution in [3.05, 3.63) is 30.1 Å². The molecule has 0 amide bonds. The fourth-order valence-corrected chi connectivity index (χ4v) is 3.72. The first-order chi connectivity index (χ1) is 9.23. The topological polar surface area (TPSA) is 45.1 Å². The van der Waals surface area contributed by atoms with E-state index in [-0.39, 0.29) is 6.04 Å². The van der Waals surface area contributed by atoms with Gasteiger partial charge < -0.3 is 10.4 Å². The van der Waals surface area contributed by atoms with Crippen LogP contribution in [0, 0.1) is 0 Å². The van der Waals surface area contributed by atoms with Gasteiger partial charge in [-0.1, -0.05) is 19.4 Å². The fourth-order valence-electron chi connectivity index (χ4n) is 2.47. The zero-order valence-electron chi connectivity index (χ0n) is 11.6. The summed E-state index contributed by atoms with van der Waals surface area (Å²) in [5, 5.41) is 14.1. The molecule has 0 bridgehead atoms. The van der Waals surface area contributed by atoms with Crippen LogP contribution in [0.5, 0.6) is 0 Å². The Kier molecular flexibility index (Phi) is 5.67. The minimum absolute atomic E-state index is 0.254. The van der Waals surface area contributed by atoms with Crippen LogP contribution < -0.4 is 5.32 Å². The maximum Gasteiger partial charge on any atom is 0.0787 e. The Bertz CT molecular complexity index is 366. The highest BCUT2D eigenvalue weighted by molar-refractivity contribution is 7.99. The molecular weight excluding hydrogens is 256 g/mol. The largest absolute Gasteiger partial charge is 0.389 e. The summed E-state index contributed by atoms with van der Waals surface area (Å²) in [6.07, 6.45) is 5.80. The van der Waals surface area contributed by atoms with E-state index in [1.165, 1.54) is 0 Å². The first-order valence-corrected chi connectivity index (χ1v) is 8.33. The van der Waals surface area contributed by atoms with Crippen LogP contribution in [0.15, 0.2) is 24.4 Å². The van der Waals surface area contributed by atoms with Crippen LogP contribution in [0.2, 0.25) is 0 Å². The summed E-state index contributed by atoms with van der Waals surface area (Å²) in [6.45, 7) is 2.86. The van der Waals surface area contributed by atoms with Crippen molar-refractivity contribution in [2.75, 3.05) is 18.1 Å². The highest BCUT2D eigenvalue weighted by Crippen LogP contribution is 2.27. The molecule has 1 aliphatic rings. The standard InChI is InChI=1S/C15H24N2OS/c1-2-5-13(14-6-3-4-9-16-14)17-12-15(18)7-10-19-11-8-15/h3-4,6,9,13,17-18H,2,5,7-8,10-12H2,1H3. The highest BCUT2D eigenvalue weighted by Gasteiger charge is 2.30. The van der Waals surface area contributed by atoms with Crippen LogP contribution in [0.25, 0.3) is 0 Å². The number of pyridine rings is 1. The Morgan fingerprint density at radius 2 is 2.21 bits per heavy atom. The smallest absolute Gasteiger partial charge is 0.0787 e. The number of hydrogen-bond donors (Lipinski definition) is 2. The van der Waals surface area contributed by atoms with E-state index in [1.54, 1.807) is 0 Å². The molecule has 106 valence electrons. The number of thioether (sulfide) groups is 1. The summed E-state index contributed by atoms with van der Waals surface area (Å²) in [7, 11) is 0. The van der Waals surface area contributed by atoms with Crippen LogP contribution in [0.3, 0.4) is 0 Å². The van der Waals surface area contributed by atoms with Crippen LogP contribution in [0.1, 0.15) is 44.3 Å². The molecule has 1 atom stereocenters. The zero-order valence-corrected chi connectivity index (χ0v) is 12.5. The average Bonchev–Trinajstić information content (AvgIpc) is 2.45. The fraction of sp³-hybridized carbons (Fsp3) is 0.667. The SMILES string of the molecule is CCCC(NCC1(O)CCSCC1)c1ccccn1. The first-order valence-electron chi connectivity index (χ1n) is 7.18. The van der Waals surface area contributed by atoms with Crippen molar-refractivity contribution in [1.29, 1.82) is 0 Å². The lowest BCUT2D eigenvalue weighted by atomic mass is 9.95. The van der Waals surface area contributed by atoms with Crippen molar-refractivity contribution in [2.24, 2.45) is 0 Å². The molecule has 0 aromatic carbocycles. The van der Waals surface area contributed by atoms with Crippen LogP contribution in [0.4, 0.5) is 0 Å². The van der Waals surface area contributed by atoms with Gasteiger partial charge in [0.05, 0.1) is 11.3 Å². The Labute approximate surface area is 120 Å². The van der Waals surface area contributed by atoms with E-state index < -0.39 is 5.60 Å². The number of aromatic nitrogens is 1. The van der Waals surface area contributed by atoms with E-state index >= 15 is 0 Å². The van der Waals surface area contributed by atoms with Crippen LogP contribution in [-0.4, -0.2) is 33.7 Å². The Balaban J connectivity index is 1.93. The molecule has 1 unspecified atom stereocenters. The third kappa shape index (κ3) is 4.48. The van der Waals surface area contributed by atoms with Gasteiger partial charge >= 0.3 is 0 Å². The van der Waals surface area contributed by atoms with Gasteiger partial charge in [-0.3, -0.25) is 4.98 Å². The van der Waals surface area contributed by atoms with E-state index in [2.05, 4.69) is 23.3 Å². The molecule has 1 aliphatic heterocycles.